The van der Waals surface area contributed by atoms with Crippen molar-refractivity contribution in [1.29, 1.82) is 0 Å². The maximum absolute atomic E-state index is 11.9. The highest BCUT2D eigenvalue weighted by molar-refractivity contribution is 7.91. The van der Waals surface area contributed by atoms with Crippen LogP contribution in [-0.4, -0.2) is 35.1 Å². The van der Waals surface area contributed by atoms with Crippen molar-refractivity contribution in [3.8, 4) is 0 Å². The number of nitrogens with one attached hydrogen (secondary N) is 2. The Morgan fingerprint density at radius 3 is 2.85 bits per heavy atom. The van der Waals surface area contributed by atoms with Gasteiger partial charge in [-0.15, -0.1) is 0 Å². The Morgan fingerprint density at radius 2 is 2.30 bits per heavy atom. The number of hydrogen-bond acceptors (Lipinski definition) is 8. The van der Waals surface area contributed by atoms with E-state index in [1.807, 2.05) is 0 Å². The molecule has 0 aliphatic rings. The normalized spacial score (nSPS) is 11.6. The number of nitrogens with two attached hydrogens (primary N) is 1. The van der Waals surface area contributed by atoms with Gasteiger partial charge >= 0.3 is 5.69 Å². The fraction of sp³-hybridized carbons (Fsp3) is 0.250. The summed E-state index contributed by atoms with van der Waals surface area (Å²) in [6, 6.07) is 0.941. The van der Waals surface area contributed by atoms with Gasteiger partial charge in [-0.05, 0) is 0 Å². The largest absolute Gasteiger partial charge is 0.385 e. The van der Waals surface area contributed by atoms with Crippen LogP contribution in [-0.2, 0) is 16.4 Å². The number of hydrogen-bond donors (Lipinski definition) is 3. The maximum atomic E-state index is 11.9. The molecule has 2 aromatic heterocycles. The summed E-state index contributed by atoms with van der Waals surface area (Å²) < 4.78 is 26.0. The molecule has 0 aliphatic heterocycles. The quantitative estimate of drug-likeness (QED) is 0.494. The number of rotatable bonds is 6. The third-order valence-corrected chi connectivity index (χ3v) is 5.19. The molecule has 0 spiro atoms. The lowest BCUT2D eigenvalue weighted by molar-refractivity contribution is -0.383. The molecule has 0 unspecified atom stereocenters. The van der Waals surface area contributed by atoms with E-state index >= 15 is 0 Å². The van der Waals surface area contributed by atoms with Crippen LogP contribution in [0.3, 0.4) is 0 Å². The van der Waals surface area contributed by atoms with E-state index in [0.29, 0.717) is 23.6 Å². The monoisotopic (exact) mass is 318 g/mol. The molecule has 10 nitrogen and oxygen atoms in total. The molecule has 0 atom stereocenters. The van der Waals surface area contributed by atoms with Gasteiger partial charge in [0.05, 0.1) is 4.92 Å². The van der Waals surface area contributed by atoms with Crippen LogP contribution in [0.5, 0.6) is 0 Å². The predicted octanol–water partition coefficient (Wildman–Crippen LogP) is -0.122. The topological polar surface area (TPSA) is 157 Å². The van der Waals surface area contributed by atoms with Crippen molar-refractivity contribution in [3.05, 3.63) is 28.3 Å². The van der Waals surface area contributed by atoms with E-state index in [4.69, 9.17) is 5.73 Å². The average Bonchev–Trinajstić information content (AvgIpc) is 2.98. The van der Waals surface area contributed by atoms with Gasteiger partial charge in [0, 0.05) is 19.0 Å². The SMILES string of the molecule is Nc1sc(S(=O)(=O)NCCc2ncn[nH]2)cc1[N+](=O)[O-]. The molecule has 2 aromatic rings. The lowest BCUT2D eigenvalue weighted by Crippen LogP contribution is -2.25. The van der Waals surface area contributed by atoms with Gasteiger partial charge in [0.15, 0.2) is 5.00 Å². The van der Waals surface area contributed by atoms with Gasteiger partial charge in [0.25, 0.3) is 0 Å². The second-order valence-electron chi connectivity index (χ2n) is 3.65. The zero-order valence-corrected chi connectivity index (χ0v) is 11.6. The van der Waals surface area contributed by atoms with E-state index in [1.165, 1.54) is 6.33 Å². The van der Waals surface area contributed by atoms with Crippen LogP contribution < -0.4 is 10.5 Å². The summed E-state index contributed by atoms with van der Waals surface area (Å²) in [6.07, 6.45) is 1.63. The minimum Gasteiger partial charge on any atom is -0.385 e. The third kappa shape index (κ3) is 3.09. The Kier molecular flexibility index (Phi) is 3.96. The lowest BCUT2D eigenvalue weighted by atomic mass is 10.4. The molecule has 0 amide bonds. The Hall–Kier alpha value is -2.05. The summed E-state index contributed by atoms with van der Waals surface area (Å²) in [5.41, 5.74) is 4.99. The maximum Gasteiger partial charge on any atom is 0.304 e. The van der Waals surface area contributed by atoms with Crippen LogP contribution >= 0.6 is 11.3 Å². The van der Waals surface area contributed by atoms with Crippen molar-refractivity contribution >= 4 is 32.0 Å². The fourth-order valence-corrected chi connectivity index (χ4v) is 3.66. The Labute approximate surface area is 117 Å². The molecule has 2 heterocycles. The van der Waals surface area contributed by atoms with Crippen molar-refractivity contribution in [2.24, 2.45) is 0 Å². The summed E-state index contributed by atoms with van der Waals surface area (Å²) in [5, 5.41) is 16.7. The molecule has 0 aliphatic carbocycles. The molecule has 108 valence electrons. The number of nitrogens with zero attached hydrogens (tertiary/aromatic N) is 3. The molecule has 0 saturated heterocycles. The number of nitro groups is 1. The minimum absolute atomic E-state index is 0.0864. The number of anilines is 1. The van der Waals surface area contributed by atoms with Gasteiger partial charge < -0.3 is 5.73 Å². The van der Waals surface area contributed by atoms with E-state index < -0.39 is 20.6 Å². The first-order valence-electron chi connectivity index (χ1n) is 5.28. The van der Waals surface area contributed by atoms with Crippen LogP contribution in [0, 0.1) is 10.1 Å². The molecule has 12 heteroatoms. The molecule has 2 rings (SSSR count). The number of nitrogen functional groups attached to an aromatic ring is 1. The Morgan fingerprint density at radius 1 is 1.55 bits per heavy atom. The molecule has 0 fully saturated rings. The number of H-pyrrole nitrogens is 1. The molecule has 20 heavy (non-hydrogen) atoms. The summed E-state index contributed by atoms with van der Waals surface area (Å²) in [7, 11) is -3.83. The summed E-state index contributed by atoms with van der Waals surface area (Å²) in [6.45, 7) is 0.0864. The van der Waals surface area contributed by atoms with Gasteiger partial charge in [-0.1, -0.05) is 11.3 Å². The Balaban J connectivity index is 2.06. The van der Waals surface area contributed by atoms with E-state index in [-0.39, 0.29) is 15.8 Å². The van der Waals surface area contributed by atoms with Gasteiger partial charge in [-0.3, -0.25) is 15.2 Å². The highest BCUT2D eigenvalue weighted by Crippen LogP contribution is 2.34. The van der Waals surface area contributed by atoms with Crippen LogP contribution in [0.1, 0.15) is 5.82 Å². The molecule has 0 bridgehead atoms. The smallest absolute Gasteiger partial charge is 0.304 e. The standard InChI is InChI=1S/C8H10N6O4S2/c9-8-5(14(15)16)3-7(19-8)20(17,18)12-2-1-6-10-4-11-13-6/h3-4,12H,1-2,9H2,(H,10,11,13). The first kappa shape index (κ1) is 14.4. The van der Waals surface area contributed by atoms with Crippen LogP contribution in [0.25, 0.3) is 0 Å². The number of thiophene rings is 1. The summed E-state index contributed by atoms with van der Waals surface area (Å²) >= 11 is 0.647. The first-order chi connectivity index (χ1) is 9.40. The lowest BCUT2D eigenvalue weighted by Gasteiger charge is -2.02. The fourth-order valence-electron chi connectivity index (χ4n) is 1.37. The Bertz CT molecular complexity index is 707. The first-order valence-corrected chi connectivity index (χ1v) is 7.57. The number of sulfonamides is 1. The van der Waals surface area contributed by atoms with E-state index in [0.717, 1.165) is 6.07 Å². The third-order valence-electron chi connectivity index (χ3n) is 2.30. The molecule has 4 N–H and O–H groups in total. The van der Waals surface area contributed by atoms with Crippen LogP contribution in [0.4, 0.5) is 10.7 Å². The van der Waals surface area contributed by atoms with Crippen molar-refractivity contribution in [3.63, 3.8) is 0 Å². The van der Waals surface area contributed by atoms with Crippen molar-refractivity contribution in [2.45, 2.75) is 10.6 Å². The van der Waals surface area contributed by atoms with E-state index in [1.54, 1.807) is 0 Å². The summed E-state index contributed by atoms with van der Waals surface area (Å²) in [5.74, 6) is 0.532. The van der Waals surface area contributed by atoms with Crippen molar-refractivity contribution in [2.75, 3.05) is 12.3 Å². The van der Waals surface area contributed by atoms with Gasteiger partial charge in [0.2, 0.25) is 10.0 Å². The molecular weight excluding hydrogens is 308 g/mol. The number of aromatic nitrogens is 3. The zero-order chi connectivity index (χ0) is 14.8. The minimum atomic E-state index is -3.83. The van der Waals surface area contributed by atoms with Gasteiger partial charge in [-0.2, -0.15) is 5.10 Å². The molecule has 0 radical (unpaired) electrons. The van der Waals surface area contributed by atoms with E-state index in [2.05, 4.69) is 19.9 Å². The molecule has 0 aromatic carbocycles. The second kappa shape index (κ2) is 5.52. The highest BCUT2D eigenvalue weighted by atomic mass is 32.2. The van der Waals surface area contributed by atoms with E-state index in [9.17, 15) is 18.5 Å². The highest BCUT2D eigenvalue weighted by Gasteiger charge is 2.24. The number of aromatic amines is 1. The van der Waals surface area contributed by atoms with Gasteiger partial charge in [-0.25, -0.2) is 18.1 Å². The molecule has 0 saturated carbocycles. The summed E-state index contributed by atoms with van der Waals surface area (Å²) in [4.78, 5) is 13.7. The van der Waals surface area contributed by atoms with Crippen LogP contribution in [0.2, 0.25) is 0 Å². The average molecular weight is 318 g/mol. The van der Waals surface area contributed by atoms with Crippen molar-refractivity contribution < 1.29 is 13.3 Å². The zero-order valence-electron chi connectivity index (χ0n) is 9.94. The van der Waals surface area contributed by atoms with Crippen LogP contribution in [0.15, 0.2) is 16.6 Å². The predicted molar refractivity (Wildman–Crippen MR) is 70.7 cm³/mol. The second-order valence-corrected chi connectivity index (χ2v) is 6.73. The molecular formula is C8H10N6O4S2. The van der Waals surface area contributed by atoms with Crippen molar-refractivity contribution in [1.82, 2.24) is 19.9 Å². The van der Waals surface area contributed by atoms with Gasteiger partial charge in [0.1, 0.15) is 16.4 Å².